The molecule has 0 aliphatic carbocycles. The van der Waals surface area contributed by atoms with Crippen LogP contribution < -0.4 is 0 Å². The second kappa shape index (κ2) is 5.41. The van der Waals surface area contributed by atoms with Gasteiger partial charge in [-0.3, -0.25) is 4.90 Å². The van der Waals surface area contributed by atoms with E-state index in [4.69, 9.17) is 9.47 Å². The highest BCUT2D eigenvalue weighted by Gasteiger charge is 2.36. The van der Waals surface area contributed by atoms with Crippen LogP contribution >= 0.6 is 0 Å². The molecule has 4 nitrogen and oxygen atoms in total. The Kier molecular flexibility index (Phi) is 4.07. The van der Waals surface area contributed by atoms with Gasteiger partial charge in [-0.25, -0.2) is 4.79 Å². The average molecular weight is 253 g/mol. The number of hydrogen-bond donors (Lipinski definition) is 0. The Morgan fingerprint density at radius 2 is 1.94 bits per heavy atom. The molecule has 2 aliphatic heterocycles. The molecular formula is C14H23NO3. The fourth-order valence-electron chi connectivity index (χ4n) is 2.57. The zero-order valence-corrected chi connectivity index (χ0v) is 11.5. The molecule has 0 spiro atoms. The molecule has 0 aromatic carbocycles. The Hall–Kier alpha value is -0.870. The number of rotatable bonds is 3. The van der Waals surface area contributed by atoms with Crippen LogP contribution in [0.3, 0.4) is 0 Å². The van der Waals surface area contributed by atoms with E-state index in [1.165, 1.54) is 6.08 Å². The van der Waals surface area contributed by atoms with Gasteiger partial charge in [0.15, 0.2) is 0 Å². The van der Waals surface area contributed by atoms with Crippen molar-refractivity contribution in [1.82, 2.24) is 4.90 Å². The van der Waals surface area contributed by atoms with E-state index < -0.39 is 5.60 Å². The van der Waals surface area contributed by atoms with Crippen molar-refractivity contribution < 1.29 is 14.3 Å². The fourth-order valence-corrected chi connectivity index (χ4v) is 2.57. The van der Waals surface area contributed by atoms with E-state index in [1.54, 1.807) is 0 Å². The molecular weight excluding hydrogens is 230 g/mol. The molecule has 4 heteroatoms. The molecule has 0 amide bonds. The van der Waals surface area contributed by atoms with Gasteiger partial charge in [-0.2, -0.15) is 0 Å². The van der Waals surface area contributed by atoms with E-state index in [9.17, 15) is 4.79 Å². The summed E-state index contributed by atoms with van der Waals surface area (Å²) in [5.41, 5.74) is -0.413. The summed E-state index contributed by atoms with van der Waals surface area (Å²) in [5.74, 6) is 1.13. The summed E-state index contributed by atoms with van der Waals surface area (Å²) in [4.78, 5) is 13.9. The molecule has 0 radical (unpaired) electrons. The van der Waals surface area contributed by atoms with Crippen LogP contribution in [0.25, 0.3) is 0 Å². The molecule has 0 N–H and O–H groups in total. The quantitative estimate of drug-likeness (QED) is 0.564. The first-order valence-corrected chi connectivity index (χ1v) is 6.63. The van der Waals surface area contributed by atoms with Crippen LogP contribution in [-0.2, 0) is 14.3 Å². The van der Waals surface area contributed by atoms with Crippen molar-refractivity contribution in [3.63, 3.8) is 0 Å². The van der Waals surface area contributed by atoms with Crippen LogP contribution in [0.15, 0.2) is 12.2 Å². The molecule has 0 aromatic rings. The van der Waals surface area contributed by atoms with E-state index in [-0.39, 0.29) is 5.97 Å². The van der Waals surface area contributed by atoms with Gasteiger partial charge in [0.05, 0.1) is 13.2 Å². The van der Waals surface area contributed by atoms with Gasteiger partial charge < -0.3 is 9.47 Å². The topological polar surface area (TPSA) is 38.8 Å². The number of nitrogens with zero attached hydrogens (tertiary/aromatic N) is 1. The van der Waals surface area contributed by atoms with Crippen molar-refractivity contribution in [2.75, 3.05) is 32.8 Å². The smallest absolute Gasteiger partial charge is 0.330 e. The minimum atomic E-state index is -0.413. The highest BCUT2D eigenvalue weighted by atomic mass is 16.6. The first-order chi connectivity index (χ1) is 8.44. The number of likely N-dealkylation sites (tertiary alicyclic amines) is 1. The third-order valence-electron chi connectivity index (χ3n) is 3.34. The summed E-state index contributed by atoms with van der Waals surface area (Å²) in [5, 5.41) is 0. The number of fused-ring (bicyclic) bond motifs is 1. The van der Waals surface area contributed by atoms with Gasteiger partial charge >= 0.3 is 5.97 Å². The highest BCUT2D eigenvalue weighted by Crippen LogP contribution is 2.28. The van der Waals surface area contributed by atoms with Gasteiger partial charge in [-0.1, -0.05) is 6.08 Å². The molecule has 2 rings (SSSR count). The maximum atomic E-state index is 11.5. The van der Waals surface area contributed by atoms with Crippen molar-refractivity contribution in [1.29, 1.82) is 0 Å². The summed E-state index contributed by atoms with van der Waals surface area (Å²) in [6, 6.07) is 0. The Morgan fingerprint density at radius 1 is 1.33 bits per heavy atom. The molecule has 0 unspecified atom stereocenters. The van der Waals surface area contributed by atoms with E-state index in [1.807, 2.05) is 26.8 Å². The van der Waals surface area contributed by atoms with Crippen LogP contribution in [0.1, 0.15) is 20.8 Å². The van der Waals surface area contributed by atoms with Gasteiger partial charge in [0.2, 0.25) is 0 Å². The molecule has 0 saturated carbocycles. The standard InChI is InChI=1S/C14H23NO3/c1-14(2,3)18-13(16)5-4-6-15-7-11-9-17-10-12(11)8-15/h4-5,11-12H,6-10H2,1-3H3/b5-4+/t11-,12+. The SMILES string of the molecule is CC(C)(C)OC(=O)/C=C/CN1C[C@H]2COC[C@H]2C1. The minimum absolute atomic E-state index is 0.259. The Bertz CT molecular complexity index is 320. The summed E-state index contributed by atoms with van der Waals surface area (Å²) in [6.45, 7) is 10.4. The zero-order valence-electron chi connectivity index (χ0n) is 11.5. The summed E-state index contributed by atoms with van der Waals surface area (Å²) in [6.07, 6.45) is 3.44. The number of esters is 1. The van der Waals surface area contributed by atoms with E-state index in [0.717, 1.165) is 32.8 Å². The van der Waals surface area contributed by atoms with Gasteiger partial charge in [0.1, 0.15) is 5.60 Å². The Morgan fingerprint density at radius 3 is 2.50 bits per heavy atom. The molecule has 2 fully saturated rings. The van der Waals surface area contributed by atoms with Gasteiger partial charge in [0, 0.05) is 37.5 Å². The summed E-state index contributed by atoms with van der Waals surface area (Å²) >= 11 is 0. The Labute approximate surface area is 109 Å². The molecule has 2 atom stereocenters. The number of carbonyl (C=O) groups is 1. The van der Waals surface area contributed by atoms with E-state index in [0.29, 0.717) is 11.8 Å². The van der Waals surface area contributed by atoms with Crippen LogP contribution in [0, 0.1) is 11.8 Å². The van der Waals surface area contributed by atoms with Crippen LogP contribution in [-0.4, -0.2) is 49.3 Å². The largest absolute Gasteiger partial charge is 0.457 e. The number of ether oxygens (including phenoxy) is 2. The first-order valence-electron chi connectivity index (χ1n) is 6.63. The molecule has 2 aliphatic rings. The third-order valence-corrected chi connectivity index (χ3v) is 3.34. The maximum absolute atomic E-state index is 11.5. The van der Waals surface area contributed by atoms with Gasteiger partial charge in [-0.05, 0) is 20.8 Å². The lowest BCUT2D eigenvalue weighted by Crippen LogP contribution is -2.24. The maximum Gasteiger partial charge on any atom is 0.330 e. The molecule has 18 heavy (non-hydrogen) atoms. The van der Waals surface area contributed by atoms with Crippen molar-refractivity contribution in [3.8, 4) is 0 Å². The Balaban J connectivity index is 1.70. The molecule has 0 bridgehead atoms. The zero-order chi connectivity index (χ0) is 13.2. The first kappa shape index (κ1) is 13.6. The summed E-state index contributed by atoms with van der Waals surface area (Å²) < 4.78 is 10.7. The second-order valence-electron chi connectivity index (χ2n) is 6.21. The fraction of sp³-hybridized carbons (Fsp3) is 0.786. The lowest BCUT2D eigenvalue weighted by Gasteiger charge is -2.18. The van der Waals surface area contributed by atoms with Crippen molar-refractivity contribution >= 4 is 5.97 Å². The van der Waals surface area contributed by atoms with E-state index >= 15 is 0 Å². The van der Waals surface area contributed by atoms with Gasteiger partial charge in [0.25, 0.3) is 0 Å². The van der Waals surface area contributed by atoms with Crippen LogP contribution in [0.2, 0.25) is 0 Å². The van der Waals surface area contributed by atoms with E-state index in [2.05, 4.69) is 4.90 Å². The van der Waals surface area contributed by atoms with Crippen LogP contribution in [0.4, 0.5) is 0 Å². The van der Waals surface area contributed by atoms with Gasteiger partial charge in [-0.15, -0.1) is 0 Å². The monoisotopic (exact) mass is 253 g/mol. The average Bonchev–Trinajstić information content (AvgIpc) is 2.74. The van der Waals surface area contributed by atoms with Crippen molar-refractivity contribution in [2.45, 2.75) is 26.4 Å². The predicted molar refractivity (Wildman–Crippen MR) is 69.2 cm³/mol. The number of hydrogen-bond acceptors (Lipinski definition) is 4. The normalized spacial score (nSPS) is 28.8. The van der Waals surface area contributed by atoms with Crippen molar-refractivity contribution in [3.05, 3.63) is 12.2 Å². The second-order valence-corrected chi connectivity index (χ2v) is 6.21. The molecule has 102 valence electrons. The minimum Gasteiger partial charge on any atom is -0.457 e. The lowest BCUT2D eigenvalue weighted by atomic mass is 10.0. The predicted octanol–water partition coefficient (Wildman–Crippen LogP) is 1.46. The lowest BCUT2D eigenvalue weighted by molar-refractivity contribution is -0.148. The molecule has 2 heterocycles. The van der Waals surface area contributed by atoms with Crippen molar-refractivity contribution in [2.24, 2.45) is 11.8 Å². The van der Waals surface area contributed by atoms with Crippen LogP contribution in [0.5, 0.6) is 0 Å². The molecule has 0 aromatic heterocycles. The highest BCUT2D eigenvalue weighted by molar-refractivity contribution is 5.82. The molecule has 2 saturated heterocycles. The number of carbonyl (C=O) groups excluding carboxylic acids is 1. The third kappa shape index (κ3) is 3.82. The summed E-state index contributed by atoms with van der Waals surface area (Å²) in [7, 11) is 0.